The lowest BCUT2D eigenvalue weighted by Gasteiger charge is -2.06. The van der Waals surface area contributed by atoms with E-state index in [9.17, 15) is 18.8 Å². The van der Waals surface area contributed by atoms with Crippen LogP contribution >= 0.6 is 11.3 Å². The first kappa shape index (κ1) is 17.8. The Morgan fingerprint density at radius 3 is 2.58 bits per heavy atom. The Hall–Kier alpha value is -3.06. The van der Waals surface area contributed by atoms with Gasteiger partial charge in [-0.3, -0.25) is 9.59 Å². The number of esters is 1. The van der Waals surface area contributed by atoms with Crippen LogP contribution in [0.3, 0.4) is 0 Å². The van der Waals surface area contributed by atoms with Gasteiger partial charge >= 0.3 is 5.97 Å². The molecule has 1 N–H and O–H groups in total. The zero-order valence-electron chi connectivity index (χ0n) is 13.7. The number of anilines is 1. The highest BCUT2D eigenvalue weighted by Crippen LogP contribution is 2.25. The smallest absolute Gasteiger partial charge is 0.348 e. The van der Waals surface area contributed by atoms with E-state index in [1.54, 1.807) is 6.07 Å². The van der Waals surface area contributed by atoms with E-state index >= 15 is 0 Å². The Balaban J connectivity index is 1.66. The van der Waals surface area contributed by atoms with Gasteiger partial charge in [-0.25, -0.2) is 9.18 Å². The number of hydrogen-bond donors (Lipinski definition) is 1. The molecule has 1 amide bonds. The number of fused-ring (bicyclic) bond motifs is 1. The van der Waals surface area contributed by atoms with Crippen molar-refractivity contribution in [1.82, 2.24) is 0 Å². The summed E-state index contributed by atoms with van der Waals surface area (Å²) in [5.74, 6) is -2.43. The van der Waals surface area contributed by atoms with Gasteiger partial charge in [-0.2, -0.15) is 0 Å². The van der Waals surface area contributed by atoms with Crippen molar-refractivity contribution < 1.29 is 23.5 Å². The Morgan fingerprint density at radius 1 is 1.12 bits per heavy atom. The number of carbonyl (C=O) groups excluding carboxylic acids is 3. The molecule has 26 heavy (non-hydrogen) atoms. The maximum atomic E-state index is 14.0. The normalized spacial score (nSPS) is 10.5. The molecule has 1 heterocycles. The van der Waals surface area contributed by atoms with Gasteiger partial charge in [0.1, 0.15) is 10.7 Å². The number of Topliss-reactive ketones (excluding diaryl/α,β-unsaturated/α-hetero) is 1. The molecule has 0 radical (unpaired) electrons. The molecule has 0 unspecified atom stereocenters. The monoisotopic (exact) mass is 371 g/mol. The van der Waals surface area contributed by atoms with E-state index in [2.05, 4.69) is 5.32 Å². The van der Waals surface area contributed by atoms with E-state index in [0.717, 1.165) is 16.2 Å². The number of carbonyl (C=O) groups is 3. The minimum Gasteiger partial charge on any atom is -0.453 e. The van der Waals surface area contributed by atoms with Crippen molar-refractivity contribution in [3.05, 3.63) is 64.8 Å². The van der Waals surface area contributed by atoms with Gasteiger partial charge in [0.25, 0.3) is 0 Å². The minimum atomic E-state index is -0.792. The fourth-order valence-corrected chi connectivity index (χ4v) is 3.34. The van der Waals surface area contributed by atoms with Gasteiger partial charge < -0.3 is 10.1 Å². The topological polar surface area (TPSA) is 72.5 Å². The summed E-state index contributed by atoms with van der Waals surface area (Å²) in [5.41, 5.74) is 0.0389. The third-order valence-corrected chi connectivity index (χ3v) is 4.65. The van der Waals surface area contributed by atoms with Crippen LogP contribution in [0.4, 0.5) is 10.1 Å². The second-order valence-electron chi connectivity index (χ2n) is 5.52. The summed E-state index contributed by atoms with van der Waals surface area (Å²) in [6.07, 6.45) is 0. The molecule has 132 valence electrons. The van der Waals surface area contributed by atoms with Gasteiger partial charge in [-0.05, 0) is 35.7 Å². The summed E-state index contributed by atoms with van der Waals surface area (Å²) in [4.78, 5) is 35.5. The van der Waals surface area contributed by atoms with E-state index in [0.29, 0.717) is 4.88 Å². The zero-order chi connectivity index (χ0) is 18.7. The highest BCUT2D eigenvalue weighted by molar-refractivity contribution is 7.20. The maximum Gasteiger partial charge on any atom is 0.348 e. The van der Waals surface area contributed by atoms with Gasteiger partial charge in [0.15, 0.2) is 6.61 Å². The highest BCUT2D eigenvalue weighted by atomic mass is 32.1. The first-order valence-electron chi connectivity index (χ1n) is 7.70. The van der Waals surface area contributed by atoms with Gasteiger partial charge in [0, 0.05) is 17.3 Å². The molecule has 3 aromatic rings. The van der Waals surface area contributed by atoms with Crippen LogP contribution in [0, 0.1) is 5.82 Å². The number of hydrogen-bond acceptors (Lipinski definition) is 5. The van der Waals surface area contributed by atoms with Gasteiger partial charge in [0.05, 0.1) is 5.56 Å². The Morgan fingerprint density at radius 2 is 1.88 bits per heavy atom. The van der Waals surface area contributed by atoms with Gasteiger partial charge in [-0.15, -0.1) is 11.3 Å². The largest absolute Gasteiger partial charge is 0.453 e. The Bertz CT molecular complexity index is 979. The molecular formula is C19H14FNO4S. The lowest BCUT2D eigenvalue weighted by molar-refractivity contribution is -0.114. The van der Waals surface area contributed by atoms with Crippen LogP contribution in [0.5, 0.6) is 0 Å². The molecule has 1 aromatic heterocycles. The van der Waals surface area contributed by atoms with Crippen molar-refractivity contribution in [2.45, 2.75) is 6.92 Å². The molecule has 0 saturated carbocycles. The van der Waals surface area contributed by atoms with E-state index in [4.69, 9.17) is 4.74 Å². The molecule has 0 aliphatic heterocycles. The first-order valence-corrected chi connectivity index (χ1v) is 8.52. The Labute approximate surface area is 152 Å². The van der Waals surface area contributed by atoms with Crippen LogP contribution in [0.2, 0.25) is 0 Å². The van der Waals surface area contributed by atoms with Crippen LogP contribution in [-0.4, -0.2) is 24.3 Å². The lowest BCUT2D eigenvalue weighted by atomic mass is 10.1. The van der Waals surface area contributed by atoms with Crippen molar-refractivity contribution >= 4 is 44.8 Å². The quantitative estimate of drug-likeness (QED) is 0.543. The second-order valence-corrected chi connectivity index (χ2v) is 6.61. The molecule has 3 rings (SSSR count). The summed E-state index contributed by atoms with van der Waals surface area (Å²) >= 11 is 1.26. The van der Waals surface area contributed by atoms with Crippen molar-refractivity contribution in [3.63, 3.8) is 0 Å². The van der Waals surface area contributed by atoms with E-state index in [1.807, 2.05) is 24.3 Å². The van der Waals surface area contributed by atoms with Crippen LogP contribution in [0.1, 0.15) is 27.0 Å². The number of ketones is 1. The van der Waals surface area contributed by atoms with E-state index < -0.39 is 24.2 Å². The average Bonchev–Trinajstić information content (AvgIpc) is 3.03. The molecule has 5 nitrogen and oxygen atoms in total. The summed E-state index contributed by atoms with van der Waals surface area (Å²) in [5, 5.41) is 3.33. The fourth-order valence-electron chi connectivity index (χ4n) is 2.38. The fraction of sp³-hybridized carbons (Fsp3) is 0.105. The van der Waals surface area contributed by atoms with Crippen LogP contribution in [-0.2, 0) is 9.53 Å². The average molecular weight is 371 g/mol. The van der Waals surface area contributed by atoms with Crippen LogP contribution in [0.25, 0.3) is 10.1 Å². The number of ether oxygens (including phenoxy) is 1. The number of rotatable bonds is 5. The zero-order valence-corrected chi connectivity index (χ0v) is 14.6. The summed E-state index contributed by atoms with van der Waals surface area (Å²) in [6.45, 7) is 0.730. The number of halogens is 1. The summed E-state index contributed by atoms with van der Waals surface area (Å²) in [6, 6.07) is 12.9. The summed E-state index contributed by atoms with van der Waals surface area (Å²) < 4.78 is 20.0. The van der Waals surface area contributed by atoms with Crippen molar-refractivity contribution in [2.24, 2.45) is 0 Å². The standard InChI is InChI=1S/C19H14FNO4S/c1-11(22)21-13-6-7-14(15(20)9-13)16(23)10-25-19(24)18-8-12-4-2-3-5-17(12)26-18/h2-9H,10H2,1H3,(H,21,22). The minimum absolute atomic E-state index is 0.205. The van der Waals surface area contributed by atoms with Crippen molar-refractivity contribution in [3.8, 4) is 0 Å². The second kappa shape index (κ2) is 7.45. The molecule has 0 aliphatic rings. The molecule has 0 fully saturated rings. The number of amides is 1. The van der Waals surface area contributed by atoms with E-state index in [-0.39, 0.29) is 17.2 Å². The lowest BCUT2D eigenvalue weighted by Crippen LogP contribution is -2.15. The SMILES string of the molecule is CC(=O)Nc1ccc(C(=O)COC(=O)c2cc3ccccc3s2)c(F)c1. The highest BCUT2D eigenvalue weighted by Gasteiger charge is 2.17. The van der Waals surface area contributed by atoms with Crippen LogP contribution in [0.15, 0.2) is 48.5 Å². The molecule has 0 saturated heterocycles. The third-order valence-electron chi connectivity index (χ3n) is 3.55. The van der Waals surface area contributed by atoms with Crippen molar-refractivity contribution in [2.75, 3.05) is 11.9 Å². The molecule has 7 heteroatoms. The molecule has 0 atom stereocenters. The van der Waals surface area contributed by atoms with E-state index in [1.165, 1.54) is 30.4 Å². The molecule has 0 bridgehead atoms. The third kappa shape index (κ3) is 3.94. The number of nitrogens with one attached hydrogen (secondary N) is 1. The molecular weight excluding hydrogens is 357 g/mol. The van der Waals surface area contributed by atoms with Gasteiger partial charge in [-0.1, -0.05) is 18.2 Å². The predicted octanol–water partition coefficient (Wildman–Crippen LogP) is 4.04. The predicted molar refractivity (Wildman–Crippen MR) is 97.1 cm³/mol. The van der Waals surface area contributed by atoms with Gasteiger partial charge in [0.2, 0.25) is 11.7 Å². The molecule has 2 aromatic carbocycles. The van der Waals surface area contributed by atoms with Crippen LogP contribution < -0.4 is 5.32 Å². The number of benzene rings is 2. The van der Waals surface area contributed by atoms with Crippen molar-refractivity contribution in [1.29, 1.82) is 0 Å². The summed E-state index contributed by atoms with van der Waals surface area (Å²) in [7, 11) is 0. The Kier molecular flexibility index (Phi) is 5.09. The molecule has 0 spiro atoms. The first-order chi connectivity index (χ1) is 12.4. The molecule has 0 aliphatic carbocycles. The number of thiophene rings is 1. The maximum absolute atomic E-state index is 14.0.